The van der Waals surface area contributed by atoms with Crippen molar-refractivity contribution in [1.29, 1.82) is 0 Å². The first-order chi connectivity index (χ1) is 9.79. The molecule has 0 aromatic carbocycles. The van der Waals surface area contributed by atoms with E-state index in [-0.39, 0.29) is 18.4 Å². The highest BCUT2D eigenvalue weighted by Crippen LogP contribution is 2.27. The van der Waals surface area contributed by atoms with Gasteiger partial charge in [0.15, 0.2) is 5.76 Å². The maximum atomic E-state index is 12.3. The highest BCUT2D eigenvalue weighted by atomic mass is 16.5. The van der Waals surface area contributed by atoms with E-state index in [9.17, 15) is 14.7 Å². The van der Waals surface area contributed by atoms with E-state index >= 15 is 0 Å². The van der Waals surface area contributed by atoms with Crippen LogP contribution in [0.3, 0.4) is 0 Å². The Hall–Kier alpha value is -1.85. The second kappa shape index (κ2) is 6.74. The molecule has 1 heterocycles. The minimum absolute atomic E-state index is 0.0357. The summed E-state index contributed by atoms with van der Waals surface area (Å²) in [4.78, 5) is 23.8. The smallest absolute Gasteiger partial charge is 0.311 e. The molecule has 6 nitrogen and oxygen atoms in total. The molecule has 0 atom stereocenters. The van der Waals surface area contributed by atoms with Crippen molar-refractivity contribution < 1.29 is 19.2 Å². The topological polar surface area (TPSA) is 92.4 Å². The number of nitrogens with one attached hydrogen (secondary N) is 1. The SMILES string of the molecule is CCC(CC)(CNC(=O)c1c(C)noc1C(C)C)C(=O)O. The molecule has 0 saturated carbocycles. The number of carbonyl (C=O) groups excluding carboxylic acids is 1. The van der Waals surface area contributed by atoms with Gasteiger partial charge in [-0.15, -0.1) is 0 Å². The highest BCUT2D eigenvalue weighted by Gasteiger charge is 2.35. The van der Waals surface area contributed by atoms with Crippen molar-refractivity contribution in [3.8, 4) is 0 Å². The monoisotopic (exact) mass is 296 g/mol. The van der Waals surface area contributed by atoms with Gasteiger partial charge in [0, 0.05) is 12.5 Å². The summed E-state index contributed by atoms with van der Waals surface area (Å²) < 4.78 is 5.18. The number of aromatic nitrogens is 1. The summed E-state index contributed by atoms with van der Waals surface area (Å²) in [6.45, 7) is 9.25. The molecule has 0 bridgehead atoms. The van der Waals surface area contributed by atoms with Gasteiger partial charge in [0.2, 0.25) is 0 Å². The summed E-state index contributed by atoms with van der Waals surface area (Å²) in [5, 5.41) is 15.9. The van der Waals surface area contributed by atoms with Crippen LogP contribution in [0, 0.1) is 12.3 Å². The first-order valence-corrected chi connectivity index (χ1v) is 7.26. The van der Waals surface area contributed by atoms with Crippen LogP contribution in [-0.4, -0.2) is 28.7 Å². The van der Waals surface area contributed by atoms with Crippen molar-refractivity contribution in [1.82, 2.24) is 10.5 Å². The van der Waals surface area contributed by atoms with Gasteiger partial charge in [-0.3, -0.25) is 9.59 Å². The second-order valence-electron chi connectivity index (χ2n) is 5.64. The van der Waals surface area contributed by atoms with Gasteiger partial charge < -0.3 is 14.9 Å². The summed E-state index contributed by atoms with van der Waals surface area (Å²) in [5.74, 6) is -0.656. The fourth-order valence-corrected chi connectivity index (χ4v) is 2.27. The predicted octanol–water partition coefficient (Wildman–Crippen LogP) is 2.73. The van der Waals surface area contributed by atoms with E-state index in [0.717, 1.165) is 0 Å². The molecule has 0 fully saturated rings. The summed E-state index contributed by atoms with van der Waals surface area (Å²) in [6, 6.07) is 0. The Morgan fingerprint density at radius 1 is 1.33 bits per heavy atom. The minimum Gasteiger partial charge on any atom is -0.481 e. The van der Waals surface area contributed by atoms with Crippen molar-refractivity contribution >= 4 is 11.9 Å². The molecule has 1 aromatic heterocycles. The van der Waals surface area contributed by atoms with Crippen LogP contribution < -0.4 is 5.32 Å². The van der Waals surface area contributed by atoms with Gasteiger partial charge in [0.1, 0.15) is 5.56 Å². The van der Waals surface area contributed by atoms with Crippen molar-refractivity contribution in [2.24, 2.45) is 5.41 Å². The minimum atomic E-state index is -0.932. The van der Waals surface area contributed by atoms with Gasteiger partial charge in [0.05, 0.1) is 11.1 Å². The van der Waals surface area contributed by atoms with Gasteiger partial charge in [-0.05, 0) is 19.8 Å². The van der Waals surface area contributed by atoms with Gasteiger partial charge in [-0.25, -0.2) is 0 Å². The zero-order chi connectivity index (χ0) is 16.2. The van der Waals surface area contributed by atoms with E-state index in [0.29, 0.717) is 29.9 Å². The quantitative estimate of drug-likeness (QED) is 0.807. The van der Waals surface area contributed by atoms with Crippen molar-refractivity contribution in [3.05, 3.63) is 17.0 Å². The summed E-state index contributed by atoms with van der Waals surface area (Å²) in [7, 11) is 0. The molecule has 0 aliphatic carbocycles. The van der Waals surface area contributed by atoms with Crippen LogP contribution in [0.5, 0.6) is 0 Å². The molecule has 0 aliphatic rings. The Balaban J connectivity index is 2.92. The fraction of sp³-hybridized carbons (Fsp3) is 0.667. The number of hydrogen-bond donors (Lipinski definition) is 2. The molecule has 0 radical (unpaired) electrons. The third-order valence-corrected chi connectivity index (χ3v) is 4.04. The van der Waals surface area contributed by atoms with Crippen molar-refractivity contribution in [3.63, 3.8) is 0 Å². The van der Waals surface area contributed by atoms with Crippen LogP contribution >= 0.6 is 0 Å². The molecule has 2 N–H and O–H groups in total. The van der Waals surface area contributed by atoms with Gasteiger partial charge in [0.25, 0.3) is 5.91 Å². The maximum Gasteiger partial charge on any atom is 0.311 e. The van der Waals surface area contributed by atoms with Crippen LogP contribution in [0.15, 0.2) is 4.52 Å². The third kappa shape index (κ3) is 3.43. The number of hydrogen-bond acceptors (Lipinski definition) is 4. The van der Waals surface area contributed by atoms with E-state index in [1.54, 1.807) is 6.92 Å². The summed E-state index contributed by atoms with van der Waals surface area (Å²) >= 11 is 0. The molecule has 1 aromatic rings. The number of carboxylic acids is 1. The maximum absolute atomic E-state index is 12.3. The van der Waals surface area contributed by atoms with E-state index in [1.807, 2.05) is 27.7 Å². The predicted molar refractivity (Wildman–Crippen MR) is 78.3 cm³/mol. The number of aliphatic carboxylic acids is 1. The third-order valence-electron chi connectivity index (χ3n) is 4.04. The van der Waals surface area contributed by atoms with Crippen LogP contribution in [0.25, 0.3) is 0 Å². The molecule has 0 saturated heterocycles. The van der Waals surface area contributed by atoms with E-state index in [4.69, 9.17) is 4.52 Å². The Kier molecular flexibility index (Phi) is 5.52. The molecule has 6 heteroatoms. The lowest BCUT2D eigenvalue weighted by Gasteiger charge is -2.26. The van der Waals surface area contributed by atoms with Crippen molar-refractivity contribution in [2.75, 3.05) is 6.54 Å². The number of carboxylic acid groups (broad SMARTS) is 1. The zero-order valence-electron chi connectivity index (χ0n) is 13.3. The molecule has 1 amide bonds. The van der Waals surface area contributed by atoms with E-state index in [1.165, 1.54) is 0 Å². The lowest BCUT2D eigenvalue weighted by atomic mass is 9.82. The molecule has 0 spiro atoms. The standard InChI is InChI=1S/C15H24N2O4/c1-6-15(7-2,14(19)20)8-16-13(18)11-10(5)17-21-12(11)9(3)4/h9H,6-8H2,1-5H3,(H,16,18)(H,19,20). The number of carbonyl (C=O) groups is 2. The normalized spacial score (nSPS) is 11.7. The van der Waals surface area contributed by atoms with Crippen LogP contribution in [-0.2, 0) is 4.79 Å². The Morgan fingerprint density at radius 3 is 2.33 bits per heavy atom. The molecule has 0 aliphatic heterocycles. The first-order valence-electron chi connectivity index (χ1n) is 7.26. The highest BCUT2D eigenvalue weighted by molar-refractivity contribution is 5.96. The lowest BCUT2D eigenvalue weighted by molar-refractivity contribution is -0.149. The van der Waals surface area contributed by atoms with E-state index < -0.39 is 11.4 Å². The molecular weight excluding hydrogens is 272 g/mol. The zero-order valence-corrected chi connectivity index (χ0v) is 13.3. The fourth-order valence-electron chi connectivity index (χ4n) is 2.27. The molecule has 1 rings (SSSR count). The van der Waals surface area contributed by atoms with Crippen molar-refractivity contribution in [2.45, 2.75) is 53.4 Å². The molecule has 21 heavy (non-hydrogen) atoms. The first kappa shape index (κ1) is 17.2. The number of rotatable bonds is 7. The molecular formula is C15H24N2O4. The Bertz CT molecular complexity index is 516. The largest absolute Gasteiger partial charge is 0.481 e. The van der Waals surface area contributed by atoms with Crippen LogP contribution in [0.1, 0.15) is 68.3 Å². The second-order valence-corrected chi connectivity index (χ2v) is 5.64. The average molecular weight is 296 g/mol. The average Bonchev–Trinajstić information content (AvgIpc) is 2.82. The summed E-state index contributed by atoms with van der Waals surface area (Å²) in [6.07, 6.45) is 0.914. The van der Waals surface area contributed by atoms with Gasteiger partial charge in [-0.2, -0.15) is 0 Å². The van der Waals surface area contributed by atoms with Gasteiger partial charge >= 0.3 is 5.97 Å². The Labute approximate surface area is 124 Å². The number of amides is 1. The van der Waals surface area contributed by atoms with Crippen LogP contribution in [0.2, 0.25) is 0 Å². The molecule has 0 unspecified atom stereocenters. The Morgan fingerprint density at radius 2 is 1.90 bits per heavy atom. The van der Waals surface area contributed by atoms with E-state index in [2.05, 4.69) is 10.5 Å². The lowest BCUT2D eigenvalue weighted by Crippen LogP contribution is -2.42. The number of nitrogens with zero attached hydrogens (tertiary/aromatic N) is 1. The molecule has 118 valence electrons. The summed E-state index contributed by atoms with van der Waals surface area (Å²) in [5.41, 5.74) is 0.000230. The van der Waals surface area contributed by atoms with Crippen LogP contribution in [0.4, 0.5) is 0 Å². The van der Waals surface area contributed by atoms with Gasteiger partial charge in [-0.1, -0.05) is 32.9 Å². The number of aryl methyl sites for hydroxylation is 1.